The minimum atomic E-state index is -0.805. The molecule has 0 radical (unpaired) electrons. The van der Waals surface area contributed by atoms with E-state index < -0.39 is 24.2 Å². The summed E-state index contributed by atoms with van der Waals surface area (Å²) in [5, 5.41) is 25.5. The van der Waals surface area contributed by atoms with Crippen molar-refractivity contribution in [2.75, 3.05) is 13.7 Å². The molecule has 1 heterocycles. The number of para-hydroxylation sites is 1. The lowest BCUT2D eigenvalue weighted by Gasteiger charge is -2.47. The van der Waals surface area contributed by atoms with Gasteiger partial charge in [-0.15, -0.1) is 0 Å². The van der Waals surface area contributed by atoms with E-state index in [0.29, 0.717) is 23.8 Å². The van der Waals surface area contributed by atoms with E-state index in [4.69, 9.17) is 9.57 Å². The fourth-order valence-electron chi connectivity index (χ4n) is 7.90. The third kappa shape index (κ3) is 3.31. The zero-order chi connectivity index (χ0) is 23.9. The molecule has 0 bridgehead atoms. The molecule has 3 saturated carbocycles. The maximum Gasteiger partial charge on any atom is 0.240 e. The first kappa shape index (κ1) is 23.8. The molecule has 5 rings (SSSR count). The van der Waals surface area contributed by atoms with Crippen LogP contribution in [0.15, 0.2) is 18.2 Å². The lowest BCUT2D eigenvalue weighted by Crippen LogP contribution is -2.54. The highest BCUT2D eigenvalue weighted by Gasteiger charge is 2.85. The van der Waals surface area contributed by atoms with Gasteiger partial charge in [0.1, 0.15) is 17.9 Å². The Labute approximate surface area is 209 Å². The molecule has 0 spiro atoms. The molecule has 4 fully saturated rings. The standard InChI is InChI=1S/C25H35IN2O5/c1-12(30)18-16(11-29)33-28(10-13-7-6-8-15(26)21(13)32-5)20(18)23(31)27-17-9-14-19-22(24(14,2)3)25(17,19)4/h6-8,12,14,16-20,22,29-30H,9-11H2,1-5H3,(H,27,31)/t12-,14-,16-,17-,18?,19?,20-,22+,25-/m0/s1. The number of methoxy groups -OCH3 is 1. The van der Waals surface area contributed by atoms with E-state index in [1.54, 1.807) is 19.1 Å². The van der Waals surface area contributed by atoms with Crippen molar-refractivity contribution in [3.05, 3.63) is 27.3 Å². The summed E-state index contributed by atoms with van der Waals surface area (Å²) in [5.74, 6) is 2.16. The average molecular weight is 570 g/mol. The summed E-state index contributed by atoms with van der Waals surface area (Å²) < 4.78 is 6.57. The molecule has 3 aliphatic carbocycles. The molecule has 182 valence electrons. The van der Waals surface area contributed by atoms with Gasteiger partial charge in [0.2, 0.25) is 5.91 Å². The number of benzene rings is 1. The van der Waals surface area contributed by atoms with E-state index in [1.807, 2.05) is 18.2 Å². The quantitative estimate of drug-likeness (QED) is 0.437. The third-order valence-corrected chi connectivity index (χ3v) is 10.2. The number of aliphatic hydroxyl groups excluding tert-OH is 2. The summed E-state index contributed by atoms with van der Waals surface area (Å²) >= 11 is 2.22. The highest BCUT2D eigenvalue weighted by Crippen LogP contribution is 2.87. The van der Waals surface area contributed by atoms with Crippen LogP contribution in [0, 0.1) is 38.1 Å². The van der Waals surface area contributed by atoms with Gasteiger partial charge >= 0.3 is 0 Å². The Morgan fingerprint density at radius 2 is 2.12 bits per heavy atom. The zero-order valence-electron chi connectivity index (χ0n) is 19.9. The van der Waals surface area contributed by atoms with Gasteiger partial charge in [-0.3, -0.25) is 9.63 Å². The SMILES string of the molecule is COc1c(I)cccc1CN1O[C@@H](CO)C([C@H](C)O)[C@H]1C(=O)N[C@H]1C[C@H]2C3[C@H](C2(C)C)[C@]31C. The van der Waals surface area contributed by atoms with Crippen LogP contribution < -0.4 is 10.1 Å². The molecule has 1 aromatic rings. The van der Waals surface area contributed by atoms with Crippen molar-refractivity contribution < 1.29 is 24.6 Å². The van der Waals surface area contributed by atoms with Gasteiger partial charge in [0, 0.05) is 17.5 Å². The first-order valence-corrected chi connectivity index (χ1v) is 13.0. The second-order valence-electron chi connectivity index (χ2n) is 11.2. The Morgan fingerprint density at radius 3 is 2.67 bits per heavy atom. The number of ether oxygens (including phenoxy) is 1. The lowest BCUT2D eigenvalue weighted by molar-refractivity contribution is -0.182. The summed E-state index contributed by atoms with van der Waals surface area (Å²) in [6, 6.07) is 5.31. The van der Waals surface area contributed by atoms with E-state index in [-0.39, 0.29) is 24.0 Å². The molecule has 8 heteroatoms. The highest BCUT2D eigenvalue weighted by molar-refractivity contribution is 14.1. The van der Waals surface area contributed by atoms with Crippen molar-refractivity contribution in [1.29, 1.82) is 0 Å². The first-order valence-electron chi connectivity index (χ1n) is 11.9. The number of amides is 1. The Morgan fingerprint density at radius 1 is 1.39 bits per heavy atom. The number of hydroxylamine groups is 2. The molecule has 33 heavy (non-hydrogen) atoms. The predicted molar refractivity (Wildman–Crippen MR) is 131 cm³/mol. The lowest BCUT2D eigenvalue weighted by atomic mass is 9.59. The van der Waals surface area contributed by atoms with Gasteiger partial charge in [-0.25, -0.2) is 0 Å². The van der Waals surface area contributed by atoms with E-state index in [2.05, 4.69) is 48.7 Å². The number of hydrogen-bond acceptors (Lipinski definition) is 6. The normalized spacial score (nSPS) is 41.3. The van der Waals surface area contributed by atoms with Gasteiger partial charge in [-0.05, 0) is 70.6 Å². The van der Waals surface area contributed by atoms with Gasteiger partial charge in [-0.2, -0.15) is 5.06 Å². The Kier molecular flexibility index (Phi) is 5.80. The van der Waals surface area contributed by atoms with E-state index in [1.165, 1.54) is 0 Å². The molecule has 1 amide bonds. The smallest absolute Gasteiger partial charge is 0.240 e. The number of carbonyl (C=O) groups is 1. The van der Waals surface area contributed by atoms with Crippen LogP contribution in [0.1, 0.15) is 39.7 Å². The van der Waals surface area contributed by atoms with Crippen molar-refractivity contribution in [3.8, 4) is 5.75 Å². The summed E-state index contributed by atoms with van der Waals surface area (Å²) in [7, 11) is 1.63. The number of aliphatic hydroxyl groups is 2. The van der Waals surface area contributed by atoms with E-state index in [0.717, 1.165) is 27.2 Å². The van der Waals surface area contributed by atoms with Crippen LogP contribution in [0.25, 0.3) is 0 Å². The van der Waals surface area contributed by atoms with Crippen molar-refractivity contribution in [2.45, 2.75) is 65.0 Å². The summed E-state index contributed by atoms with van der Waals surface area (Å²) in [6.07, 6.45) is -0.437. The van der Waals surface area contributed by atoms with Crippen molar-refractivity contribution in [1.82, 2.24) is 10.4 Å². The monoisotopic (exact) mass is 570 g/mol. The summed E-state index contributed by atoms with van der Waals surface area (Å²) in [6.45, 7) is 8.77. The molecular weight excluding hydrogens is 535 g/mol. The minimum Gasteiger partial charge on any atom is -0.495 e. The second-order valence-corrected chi connectivity index (χ2v) is 12.4. The maximum atomic E-state index is 13.7. The molecule has 0 aromatic heterocycles. The van der Waals surface area contributed by atoms with Crippen molar-refractivity contribution in [2.24, 2.45) is 34.5 Å². The molecule has 4 aliphatic rings. The van der Waals surface area contributed by atoms with Crippen molar-refractivity contribution >= 4 is 28.5 Å². The molecule has 3 N–H and O–H groups in total. The predicted octanol–water partition coefficient (Wildman–Crippen LogP) is 2.57. The topological polar surface area (TPSA) is 91.3 Å². The molecule has 2 unspecified atom stereocenters. The summed E-state index contributed by atoms with van der Waals surface area (Å²) in [5.41, 5.74) is 1.43. The number of carbonyl (C=O) groups excluding carboxylic acids is 1. The first-order chi connectivity index (χ1) is 15.6. The van der Waals surface area contributed by atoms with Crippen LogP contribution in [-0.4, -0.2) is 59.2 Å². The third-order valence-electron chi connectivity index (χ3n) is 9.35. The second kappa shape index (κ2) is 8.05. The number of nitrogens with zero attached hydrogens (tertiary/aromatic N) is 1. The number of nitrogens with one attached hydrogen (secondary N) is 1. The highest BCUT2D eigenvalue weighted by atomic mass is 127. The van der Waals surface area contributed by atoms with Gasteiger partial charge in [-0.1, -0.05) is 32.9 Å². The van der Waals surface area contributed by atoms with Gasteiger partial charge in [0.25, 0.3) is 0 Å². The molecule has 1 aliphatic heterocycles. The summed E-state index contributed by atoms with van der Waals surface area (Å²) in [4.78, 5) is 19.8. The van der Waals surface area contributed by atoms with Crippen LogP contribution >= 0.6 is 22.6 Å². The maximum absolute atomic E-state index is 13.7. The average Bonchev–Trinajstić information content (AvgIpc) is 3.03. The molecule has 9 atom stereocenters. The van der Waals surface area contributed by atoms with Crippen LogP contribution in [-0.2, 0) is 16.2 Å². The Hall–Kier alpha value is -0.940. The van der Waals surface area contributed by atoms with Crippen molar-refractivity contribution in [3.63, 3.8) is 0 Å². The van der Waals surface area contributed by atoms with Crippen LogP contribution in [0.3, 0.4) is 0 Å². The number of hydrogen-bond donors (Lipinski definition) is 3. The van der Waals surface area contributed by atoms with Gasteiger partial charge in [0.05, 0.1) is 29.9 Å². The van der Waals surface area contributed by atoms with E-state index in [9.17, 15) is 15.0 Å². The van der Waals surface area contributed by atoms with Gasteiger partial charge < -0.3 is 20.3 Å². The number of halogens is 1. The largest absolute Gasteiger partial charge is 0.495 e. The molecule has 1 saturated heterocycles. The Bertz CT molecular complexity index is 947. The Balaban J connectivity index is 1.39. The van der Waals surface area contributed by atoms with Crippen LogP contribution in [0.4, 0.5) is 0 Å². The van der Waals surface area contributed by atoms with Crippen LogP contribution in [0.5, 0.6) is 5.75 Å². The molecule has 1 aromatic carbocycles. The molecule has 7 nitrogen and oxygen atoms in total. The molecular formula is C25H35IN2O5. The van der Waals surface area contributed by atoms with Crippen LogP contribution in [0.2, 0.25) is 0 Å². The zero-order valence-corrected chi connectivity index (χ0v) is 22.1. The van der Waals surface area contributed by atoms with Gasteiger partial charge in [0.15, 0.2) is 0 Å². The van der Waals surface area contributed by atoms with E-state index >= 15 is 0 Å². The fourth-order valence-corrected chi connectivity index (χ4v) is 8.67. The fraction of sp³-hybridized carbons (Fsp3) is 0.720. The minimum absolute atomic E-state index is 0.127. The number of fused-ring (bicyclic) bond motifs is 1. The number of rotatable bonds is 7.